The minimum atomic E-state index is -0.857. The van der Waals surface area contributed by atoms with E-state index in [9.17, 15) is 14.7 Å². The predicted octanol–water partition coefficient (Wildman–Crippen LogP) is 1.34. The minimum Gasteiger partial charge on any atom is -0.492 e. The van der Waals surface area contributed by atoms with Crippen LogP contribution in [0.3, 0.4) is 0 Å². The van der Waals surface area contributed by atoms with E-state index < -0.39 is 11.4 Å². The van der Waals surface area contributed by atoms with Gasteiger partial charge in [-0.25, -0.2) is 4.98 Å². The van der Waals surface area contributed by atoms with E-state index in [4.69, 9.17) is 4.74 Å². The summed E-state index contributed by atoms with van der Waals surface area (Å²) in [5.74, 6) is -0.312. The van der Waals surface area contributed by atoms with E-state index in [1.54, 1.807) is 24.1 Å². The molecule has 21 heavy (non-hydrogen) atoms. The first kappa shape index (κ1) is 13.9. The highest BCUT2D eigenvalue weighted by molar-refractivity contribution is 5.93. The smallest absolute Gasteiger partial charge is 0.311 e. The van der Waals surface area contributed by atoms with Crippen molar-refractivity contribution in [2.75, 3.05) is 19.7 Å². The highest BCUT2D eigenvalue weighted by atomic mass is 16.5. The van der Waals surface area contributed by atoms with E-state index >= 15 is 0 Å². The SMILES string of the molecule is CC1(C(=O)O)CCN(C(=O)c2cc3c(cn2)OCCC3)C1. The van der Waals surface area contributed by atoms with Gasteiger partial charge < -0.3 is 14.7 Å². The fourth-order valence-corrected chi connectivity index (χ4v) is 2.84. The quantitative estimate of drug-likeness (QED) is 0.889. The van der Waals surface area contributed by atoms with Crippen LogP contribution in [0.15, 0.2) is 12.3 Å². The Labute approximate surface area is 122 Å². The molecular formula is C15H18N2O4. The molecule has 1 aromatic heterocycles. The Morgan fingerprint density at radius 1 is 1.48 bits per heavy atom. The number of amides is 1. The van der Waals surface area contributed by atoms with Gasteiger partial charge >= 0.3 is 5.97 Å². The highest BCUT2D eigenvalue weighted by Gasteiger charge is 2.42. The van der Waals surface area contributed by atoms with Crippen molar-refractivity contribution in [1.82, 2.24) is 9.88 Å². The summed E-state index contributed by atoms with van der Waals surface area (Å²) in [5, 5.41) is 9.23. The van der Waals surface area contributed by atoms with E-state index in [0.717, 1.165) is 24.2 Å². The summed E-state index contributed by atoms with van der Waals surface area (Å²) >= 11 is 0. The summed E-state index contributed by atoms with van der Waals surface area (Å²) in [6.07, 6.45) is 3.88. The molecule has 1 N–H and O–H groups in total. The van der Waals surface area contributed by atoms with Gasteiger partial charge in [0.1, 0.15) is 11.4 Å². The molecule has 1 saturated heterocycles. The number of nitrogens with zero attached hydrogens (tertiary/aromatic N) is 2. The van der Waals surface area contributed by atoms with Gasteiger partial charge in [0, 0.05) is 13.1 Å². The van der Waals surface area contributed by atoms with Crippen molar-refractivity contribution in [1.29, 1.82) is 0 Å². The maximum Gasteiger partial charge on any atom is 0.311 e. The van der Waals surface area contributed by atoms with Gasteiger partial charge in [-0.1, -0.05) is 0 Å². The summed E-state index contributed by atoms with van der Waals surface area (Å²) in [5.41, 5.74) is 0.515. The van der Waals surface area contributed by atoms with E-state index in [2.05, 4.69) is 4.98 Å². The molecule has 3 rings (SSSR count). The molecule has 2 aliphatic heterocycles. The molecule has 0 bridgehead atoms. The van der Waals surface area contributed by atoms with E-state index in [1.807, 2.05) is 0 Å². The lowest BCUT2D eigenvalue weighted by Gasteiger charge is -2.21. The number of hydrogen-bond donors (Lipinski definition) is 1. The molecule has 0 saturated carbocycles. The van der Waals surface area contributed by atoms with Crippen molar-refractivity contribution in [3.8, 4) is 5.75 Å². The number of hydrogen-bond acceptors (Lipinski definition) is 4. The van der Waals surface area contributed by atoms with Gasteiger partial charge in [-0.3, -0.25) is 9.59 Å². The van der Waals surface area contributed by atoms with Gasteiger partial charge in [-0.05, 0) is 37.8 Å². The number of likely N-dealkylation sites (tertiary alicyclic amines) is 1. The number of aliphatic carboxylic acids is 1. The highest BCUT2D eigenvalue weighted by Crippen LogP contribution is 2.31. The van der Waals surface area contributed by atoms with Gasteiger partial charge in [0.2, 0.25) is 0 Å². The van der Waals surface area contributed by atoms with Crippen molar-refractivity contribution in [3.63, 3.8) is 0 Å². The van der Waals surface area contributed by atoms with Crippen LogP contribution in [-0.4, -0.2) is 46.6 Å². The van der Waals surface area contributed by atoms with Crippen molar-refractivity contribution >= 4 is 11.9 Å². The van der Waals surface area contributed by atoms with Gasteiger partial charge in [-0.2, -0.15) is 0 Å². The third-order valence-corrected chi connectivity index (χ3v) is 4.29. The number of carboxylic acid groups (broad SMARTS) is 1. The van der Waals surface area contributed by atoms with Crippen LogP contribution >= 0.6 is 0 Å². The summed E-state index contributed by atoms with van der Waals surface area (Å²) in [4.78, 5) is 29.5. The Balaban J connectivity index is 1.79. The van der Waals surface area contributed by atoms with E-state index in [1.165, 1.54) is 0 Å². The molecule has 0 aromatic carbocycles. The Morgan fingerprint density at radius 2 is 2.29 bits per heavy atom. The number of ether oxygens (including phenoxy) is 1. The number of carboxylic acids is 1. The van der Waals surface area contributed by atoms with Gasteiger partial charge in [-0.15, -0.1) is 0 Å². The van der Waals surface area contributed by atoms with Crippen LogP contribution in [-0.2, 0) is 11.2 Å². The average molecular weight is 290 g/mol. The summed E-state index contributed by atoms with van der Waals surface area (Å²) in [7, 11) is 0. The van der Waals surface area contributed by atoms with Gasteiger partial charge in [0.05, 0.1) is 18.2 Å². The van der Waals surface area contributed by atoms with Crippen molar-refractivity contribution in [2.45, 2.75) is 26.2 Å². The number of fused-ring (bicyclic) bond motifs is 1. The second-order valence-electron chi connectivity index (χ2n) is 5.97. The molecule has 1 unspecified atom stereocenters. The normalized spacial score (nSPS) is 24.3. The van der Waals surface area contributed by atoms with Gasteiger partial charge in [0.25, 0.3) is 5.91 Å². The van der Waals surface area contributed by atoms with Crippen LogP contribution < -0.4 is 4.74 Å². The lowest BCUT2D eigenvalue weighted by Crippen LogP contribution is -2.35. The first-order valence-electron chi connectivity index (χ1n) is 7.14. The molecule has 0 spiro atoms. The summed E-state index contributed by atoms with van der Waals surface area (Å²) in [6, 6.07) is 1.77. The average Bonchev–Trinajstić information content (AvgIpc) is 2.90. The number of aromatic nitrogens is 1. The Bertz CT molecular complexity index is 601. The molecule has 1 fully saturated rings. The summed E-state index contributed by atoms with van der Waals surface area (Å²) in [6.45, 7) is 3.05. The van der Waals surface area contributed by atoms with Crippen molar-refractivity contribution < 1.29 is 19.4 Å². The zero-order chi connectivity index (χ0) is 15.0. The van der Waals surface area contributed by atoms with Crippen molar-refractivity contribution in [2.24, 2.45) is 5.41 Å². The monoisotopic (exact) mass is 290 g/mol. The molecule has 1 aromatic rings. The maximum absolute atomic E-state index is 12.5. The van der Waals surface area contributed by atoms with Gasteiger partial charge in [0.15, 0.2) is 0 Å². The number of pyridine rings is 1. The Hall–Kier alpha value is -2.11. The molecule has 0 radical (unpaired) electrons. The Kier molecular flexibility index (Phi) is 3.31. The van der Waals surface area contributed by atoms with E-state index in [0.29, 0.717) is 25.3 Å². The molecular weight excluding hydrogens is 272 g/mol. The fourth-order valence-electron chi connectivity index (χ4n) is 2.84. The molecule has 112 valence electrons. The molecule has 1 amide bonds. The lowest BCUT2D eigenvalue weighted by molar-refractivity contribution is -0.147. The van der Waals surface area contributed by atoms with Crippen LogP contribution in [0.2, 0.25) is 0 Å². The van der Waals surface area contributed by atoms with E-state index in [-0.39, 0.29) is 12.5 Å². The summed E-state index contributed by atoms with van der Waals surface area (Å²) < 4.78 is 5.48. The van der Waals surface area contributed by atoms with Crippen LogP contribution in [0, 0.1) is 5.41 Å². The maximum atomic E-state index is 12.5. The second kappa shape index (κ2) is 5.02. The zero-order valence-electron chi connectivity index (χ0n) is 12.0. The zero-order valence-corrected chi connectivity index (χ0v) is 12.0. The molecule has 2 aliphatic rings. The first-order valence-corrected chi connectivity index (χ1v) is 7.14. The van der Waals surface area contributed by atoms with Crippen LogP contribution in [0.1, 0.15) is 35.8 Å². The van der Waals surface area contributed by atoms with Crippen LogP contribution in [0.4, 0.5) is 0 Å². The third-order valence-electron chi connectivity index (χ3n) is 4.29. The number of carbonyl (C=O) groups is 2. The molecule has 1 atom stereocenters. The lowest BCUT2D eigenvalue weighted by atomic mass is 9.90. The predicted molar refractivity (Wildman–Crippen MR) is 74.3 cm³/mol. The van der Waals surface area contributed by atoms with Crippen LogP contribution in [0.25, 0.3) is 0 Å². The van der Waals surface area contributed by atoms with Crippen LogP contribution in [0.5, 0.6) is 5.75 Å². The molecule has 6 nitrogen and oxygen atoms in total. The number of carbonyl (C=O) groups excluding carboxylic acids is 1. The molecule has 3 heterocycles. The second-order valence-corrected chi connectivity index (χ2v) is 5.97. The number of rotatable bonds is 2. The number of aryl methyl sites for hydroxylation is 1. The molecule has 0 aliphatic carbocycles. The molecule has 6 heteroatoms. The first-order chi connectivity index (χ1) is 9.99. The topological polar surface area (TPSA) is 79.7 Å². The largest absolute Gasteiger partial charge is 0.492 e. The van der Waals surface area contributed by atoms with Crippen molar-refractivity contribution in [3.05, 3.63) is 23.5 Å². The fraction of sp³-hybridized carbons (Fsp3) is 0.533. The standard InChI is InChI=1S/C15H18N2O4/c1-15(14(19)20)4-5-17(9-15)13(18)11-7-10-3-2-6-21-12(10)8-16-11/h7-8H,2-6,9H2,1H3,(H,19,20). The minimum absolute atomic E-state index is 0.201. The third kappa shape index (κ3) is 2.46. The Morgan fingerprint density at radius 3 is 3.00 bits per heavy atom.